The highest BCUT2D eigenvalue weighted by Crippen LogP contribution is 2.25. The summed E-state index contributed by atoms with van der Waals surface area (Å²) in [6.45, 7) is 3.92. The summed E-state index contributed by atoms with van der Waals surface area (Å²) in [5.41, 5.74) is 2.49. The molecule has 1 atom stereocenters. The molecule has 3 aromatic rings. The molecule has 4 rings (SSSR count). The van der Waals surface area contributed by atoms with Gasteiger partial charge in [-0.2, -0.15) is 4.98 Å². The molecule has 2 aromatic heterocycles. The van der Waals surface area contributed by atoms with Crippen molar-refractivity contribution >= 4 is 17.2 Å². The number of fused-ring (bicyclic) bond motifs is 1. The van der Waals surface area contributed by atoms with Crippen LogP contribution in [0, 0.1) is 0 Å². The van der Waals surface area contributed by atoms with Gasteiger partial charge in [-0.15, -0.1) is 11.3 Å². The number of aromatic nitrogens is 2. The average molecular weight is 411 g/mol. The van der Waals surface area contributed by atoms with Crippen molar-refractivity contribution in [1.29, 1.82) is 0 Å². The van der Waals surface area contributed by atoms with Crippen molar-refractivity contribution < 1.29 is 9.32 Å². The molecule has 0 saturated heterocycles. The first-order valence-electron chi connectivity index (χ1n) is 10.2. The van der Waals surface area contributed by atoms with Crippen LogP contribution in [-0.4, -0.2) is 33.5 Å². The Bertz CT molecular complexity index is 938. The van der Waals surface area contributed by atoms with E-state index in [4.69, 9.17) is 4.52 Å². The Kier molecular flexibility index (Phi) is 6.36. The molecule has 0 bridgehead atoms. The van der Waals surface area contributed by atoms with Crippen molar-refractivity contribution in [3.8, 4) is 0 Å². The minimum atomic E-state index is -0.241. The van der Waals surface area contributed by atoms with E-state index in [9.17, 15) is 4.79 Å². The third-order valence-corrected chi connectivity index (χ3v) is 6.16. The second-order valence-electron chi connectivity index (χ2n) is 7.37. The molecule has 3 heterocycles. The smallest absolute Gasteiger partial charge is 0.240 e. The number of benzene rings is 1. The summed E-state index contributed by atoms with van der Waals surface area (Å²) >= 11 is 1.72. The lowest BCUT2D eigenvalue weighted by Gasteiger charge is -2.35. The molecule has 152 valence electrons. The number of hydrogen-bond acceptors (Lipinski definition) is 6. The highest BCUT2D eigenvalue weighted by atomic mass is 32.1. The van der Waals surface area contributed by atoms with Crippen molar-refractivity contribution in [1.82, 2.24) is 20.4 Å². The van der Waals surface area contributed by atoms with Gasteiger partial charge in [-0.25, -0.2) is 0 Å². The first kappa shape index (κ1) is 19.8. The standard InChI is InChI=1S/C22H26N4O2S/c1-2-6-20-24-21(28-25-20)15-26-14-17-8-4-3-7-16(17)13-19(26)22(27)23-11-10-18-9-5-12-29-18/h3-5,7-9,12,19H,2,6,10-11,13-15H2,1H3,(H,23,27)/t19-/m0/s1. The zero-order valence-electron chi connectivity index (χ0n) is 16.6. The van der Waals surface area contributed by atoms with Crippen LogP contribution in [0.4, 0.5) is 0 Å². The highest BCUT2D eigenvalue weighted by molar-refractivity contribution is 7.09. The number of aryl methyl sites for hydroxylation is 1. The molecule has 1 aliphatic heterocycles. The summed E-state index contributed by atoms with van der Waals surface area (Å²) in [7, 11) is 0. The summed E-state index contributed by atoms with van der Waals surface area (Å²) in [5.74, 6) is 1.37. The molecular formula is C22H26N4O2S. The quantitative estimate of drug-likeness (QED) is 0.616. The van der Waals surface area contributed by atoms with Crippen LogP contribution in [0.15, 0.2) is 46.3 Å². The van der Waals surface area contributed by atoms with Crippen molar-refractivity contribution in [2.75, 3.05) is 6.54 Å². The van der Waals surface area contributed by atoms with Gasteiger partial charge in [0.1, 0.15) is 0 Å². The van der Waals surface area contributed by atoms with Gasteiger partial charge in [-0.3, -0.25) is 9.69 Å². The lowest BCUT2D eigenvalue weighted by Crippen LogP contribution is -2.50. The van der Waals surface area contributed by atoms with Gasteiger partial charge in [0.2, 0.25) is 11.8 Å². The Balaban J connectivity index is 1.45. The fourth-order valence-electron chi connectivity index (χ4n) is 3.74. The van der Waals surface area contributed by atoms with E-state index in [-0.39, 0.29) is 11.9 Å². The lowest BCUT2D eigenvalue weighted by molar-refractivity contribution is -0.127. The number of nitrogens with zero attached hydrogens (tertiary/aromatic N) is 3. The first-order chi connectivity index (χ1) is 14.2. The fourth-order valence-corrected chi connectivity index (χ4v) is 4.45. The third-order valence-electron chi connectivity index (χ3n) is 5.22. The lowest BCUT2D eigenvalue weighted by atomic mass is 9.93. The predicted octanol–water partition coefficient (Wildman–Crippen LogP) is 3.37. The Morgan fingerprint density at radius 1 is 1.24 bits per heavy atom. The zero-order valence-corrected chi connectivity index (χ0v) is 17.5. The van der Waals surface area contributed by atoms with Gasteiger partial charge in [-0.1, -0.05) is 42.4 Å². The Hall–Kier alpha value is -2.51. The van der Waals surface area contributed by atoms with Crippen LogP contribution in [0.3, 0.4) is 0 Å². The van der Waals surface area contributed by atoms with Crippen molar-refractivity contribution in [2.24, 2.45) is 0 Å². The van der Waals surface area contributed by atoms with Crippen LogP contribution < -0.4 is 5.32 Å². The molecule has 0 spiro atoms. The molecule has 0 radical (unpaired) electrons. The summed E-state index contributed by atoms with van der Waals surface area (Å²) in [4.78, 5) is 20.9. The molecule has 1 aliphatic rings. The van der Waals surface area contributed by atoms with E-state index in [1.807, 2.05) is 18.2 Å². The second-order valence-corrected chi connectivity index (χ2v) is 8.40. The number of hydrogen-bond donors (Lipinski definition) is 1. The fraction of sp³-hybridized carbons (Fsp3) is 0.409. The first-order valence-corrected chi connectivity index (χ1v) is 11.0. The molecule has 0 saturated carbocycles. The molecule has 1 N–H and O–H groups in total. The van der Waals surface area contributed by atoms with Crippen LogP contribution in [0.1, 0.15) is 41.1 Å². The number of carbonyl (C=O) groups excluding carboxylic acids is 1. The molecule has 1 amide bonds. The molecule has 0 aliphatic carbocycles. The molecule has 6 nitrogen and oxygen atoms in total. The van der Waals surface area contributed by atoms with Gasteiger partial charge >= 0.3 is 0 Å². The summed E-state index contributed by atoms with van der Waals surface area (Å²) in [6.07, 6.45) is 3.33. The van der Waals surface area contributed by atoms with Gasteiger partial charge in [0, 0.05) is 24.4 Å². The Morgan fingerprint density at radius 3 is 2.90 bits per heavy atom. The van der Waals surface area contributed by atoms with E-state index in [1.165, 1.54) is 16.0 Å². The number of thiophene rings is 1. The molecule has 0 unspecified atom stereocenters. The van der Waals surface area contributed by atoms with E-state index in [2.05, 4.69) is 50.9 Å². The van der Waals surface area contributed by atoms with E-state index in [0.717, 1.165) is 25.1 Å². The van der Waals surface area contributed by atoms with Crippen LogP contribution in [-0.2, 0) is 37.1 Å². The van der Waals surface area contributed by atoms with Gasteiger partial charge in [0.25, 0.3) is 0 Å². The Morgan fingerprint density at radius 2 is 2.10 bits per heavy atom. The van der Waals surface area contributed by atoms with Gasteiger partial charge in [-0.05, 0) is 41.8 Å². The number of carbonyl (C=O) groups is 1. The monoisotopic (exact) mass is 410 g/mol. The zero-order chi connectivity index (χ0) is 20.1. The van der Waals surface area contributed by atoms with Crippen LogP contribution >= 0.6 is 11.3 Å². The normalized spacial score (nSPS) is 16.5. The molecule has 7 heteroatoms. The minimum Gasteiger partial charge on any atom is -0.354 e. The van der Waals surface area contributed by atoms with E-state index < -0.39 is 0 Å². The second kappa shape index (κ2) is 9.33. The molecule has 1 aromatic carbocycles. The maximum atomic E-state index is 13.0. The SMILES string of the molecule is CCCc1noc(CN2Cc3ccccc3C[C@H]2C(=O)NCCc2cccs2)n1. The van der Waals surface area contributed by atoms with E-state index in [0.29, 0.717) is 31.9 Å². The van der Waals surface area contributed by atoms with Crippen molar-refractivity contribution in [3.05, 3.63) is 69.5 Å². The summed E-state index contributed by atoms with van der Waals surface area (Å²) < 4.78 is 5.43. The molecule has 29 heavy (non-hydrogen) atoms. The van der Waals surface area contributed by atoms with Gasteiger partial charge in [0.15, 0.2) is 5.82 Å². The van der Waals surface area contributed by atoms with Crippen LogP contribution in [0.2, 0.25) is 0 Å². The van der Waals surface area contributed by atoms with Gasteiger partial charge < -0.3 is 9.84 Å². The third kappa shape index (κ3) is 4.92. The number of amides is 1. The van der Waals surface area contributed by atoms with Gasteiger partial charge in [0.05, 0.1) is 12.6 Å². The van der Waals surface area contributed by atoms with Crippen LogP contribution in [0.5, 0.6) is 0 Å². The average Bonchev–Trinajstić information content (AvgIpc) is 3.40. The topological polar surface area (TPSA) is 71.3 Å². The number of nitrogens with one attached hydrogen (secondary N) is 1. The molecule has 0 fully saturated rings. The molecular weight excluding hydrogens is 384 g/mol. The van der Waals surface area contributed by atoms with Crippen molar-refractivity contribution in [2.45, 2.75) is 51.7 Å². The minimum absolute atomic E-state index is 0.0596. The maximum absolute atomic E-state index is 13.0. The van der Waals surface area contributed by atoms with Crippen molar-refractivity contribution in [3.63, 3.8) is 0 Å². The highest BCUT2D eigenvalue weighted by Gasteiger charge is 2.32. The van der Waals surface area contributed by atoms with E-state index in [1.54, 1.807) is 11.3 Å². The largest absolute Gasteiger partial charge is 0.354 e. The Labute approximate surface area is 174 Å². The van der Waals surface area contributed by atoms with Crippen LogP contribution in [0.25, 0.3) is 0 Å². The summed E-state index contributed by atoms with van der Waals surface area (Å²) in [5, 5.41) is 9.24. The summed E-state index contributed by atoms with van der Waals surface area (Å²) in [6, 6.07) is 12.2. The van der Waals surface area contributed by atoms with E-state index >= 15 is 0 Å². The number of rotatable bonds is 8. The predicted molar refractivity (Wildman–Crippen MR) is 113 cm³/mol. The maximum Gasteiger partial charge on any atom is 0.240 e.